The molecule has 0 radical (unpaired) electrons. The second-order valence-corrected chi connectivity index (χ2v) is 9.96. The van der Waals surface area contributed by atoms with Crippen LogP contribution in [0.3, 0.4) is 0 Å². The number of anilines is 1. The second kappa shape index (κ2) is 11.5. The van der Waals surface area contributed by atoms with Gasteiger partial charge in [-0.15, -0.1) is 0 Å². The molecule has 5 rings (SSSR count). The number of aryl methyl sites for hydroxylation is 1. The van der Waals surface area contributed by atoms with Crippen LogP contribution in [0.25, 0.3) is 11.1 Å². The average molecular weight is 523 g/mol. The lowest BCUT2D eigenvalue weighted by Gasteiger charge is -2.19. The zero-order valence-corrected chi connectivity index (χ0v) is 21.6. The number of hydrogen-bond acceptors (Lipinski definition) is 4. The Bertz CT molecular complexity index is 1320. The Morgan fingerprint density at radius 3 is 2.55 bits per heavy atom. The smallest absolute Gasteiger partial charge is 0.190 e. The first kappa shape index (κ1) is 26.2. The van der Waals surface area contributed by atoms with Crippen LogP contribution < -0.4 is 15.2 Å². The van der Waals surface area contributed by atoms with Gasteiger partial charge in [0.05, 0.1) is 13.8 Å². The number of likely N-dealkylation sites (tertiary alicyclic amines) is 1. The van der Waals surface area contributed by atoms with Gasteiger partial charge in [0.1, 0.15) is 11.9 Å². The molecule has 1 aliphatic heterocycles. The van der Waals surface area contributed by atoms with E-state index in [2.05, 4.69) is 4.90 Å². The molecule has 0 aromatic heterocycles. The molecule has 1 saturated heterocycles. The maximum absolute atomic E-state index is 15.5. The number of fused-ring (bicyclic) bond motifs is 1. The van der Waals surface area contributed by atoms with Gasteiger partial charge in [0.15, 0.2) is 17.4 Å². The molecule has 0 spiro atoms. The predicted molar refractivity (Wildman–Crippen MR) is 145 cm³/mol. The van der Waals surface area contributed by atoms with E-state index in [9.17, 15) is 8.78 Å². The number of nitrogen functional groups attached to an aromatic ring is 1. The summed E-state index contributed by atoms with van der Waals surface area (Å²) in [6.45, 7) is 2.15. The zero-order valence-electron chi connectivity index (χ0n) is 21.6. The first-order valence-corrected chi connectivity index (χ1v) is 13.2. The Morgan fingerprint density at radius 2 is 1.79 bits per heavy atom. The van der Waals surface area contributed by atoms with E-state index in [4.69, 9.17) is 15.2 Å². The third-order valence-corrected chi connectivity index (χ3v) is 7.43. The highest BCUT2D eigenvalue weighted by atomic mass is 19.1. The number of hydrogen-bond donors (Lipinski definition) is 1. The number of ether oxygens (including phenoxy) is 2. The largest absolute Gasteiger partial charge is 0.491 e. The number of halogens is 3. The molecule has 4 nitrogen and oxygen atoms in total. The van der Waals surface area contributed by atoms with E-state index in [0.717, 1.165) is 72.5 Å². The van der Waals surface area contributed by atoms with Crippen LogP contribution in [0.4, 0.5) is 18.9 Å². The zero-order chi connectivity index (χ0) is 26.6. The Kier molecular flexibility index (Phi) is 7.93. The number of nitrogens with two attached hydrogens (primary N) is 1. The lowest BCUT2D eigenvalue weighted by atomic mass is 9.87. The molecule has 2 aliphatic rings. The first-order valence-electron chi connectivity index (χ1n) is 13.2. The van der Waals surface area contributed by atoms with Crippen molar-refractivity contribution in [3.63, 3.8) is 0 Å². The van der Waals surface area contributed by atoms with E-state index < -0.39 is 11.6 Å². The lowest BCUT2D eigenvalue weighted by Crippen LogP contribution is -2.26. The summed E-state index contributed by atoms with van der Waals surface area (Å²) in [6, 6.07) is 16.4. The number of benzene rings is 3. The van der Waals surface area contributed by atoms with Crippen molar-refractivity contribution in [3.05, 3.63) is 88.5 Å². The molecule has 38 heavy (non-hydrogen) atoms. The van der Waals surface area contributed by atoms with Crippen LogP contribution in [0.15, 0.2) is 54.6 Å². The van der Waals surface area contributed by atoms with Crippen molar-refractivity contribution in [1.82, 2.24) is 4.90 Å². The van der Waals surface area contributed by atoms with E-state index in [-0.39, 0.29) is 18.5 Å². The molecule has 1 unspecified atom stereocenters. The molecule has 200 valence electrons. The molecule has 7 heteroatoms. The molecule has 0 saturated carbocycles. The molecular weight excluding hydrogens is 489 g/mol. The molecule has 2 N–H and O–H groups in total. The standard InChI is InChI=1S/C31H33F3N2O2/c1-37-31-28(33)13-12-27(30(31)34)26-5-2-4-21-18-22(35)8-11-25(21)29(26)20-6-9-23(10-7-20)38-24-14-17-36(19-24)16-3-15-32/h6-13,18,24H,2-5,14-17,19,35H2,1H3. The van der Waals surface area contributed by atoms with E-state index >= 15 is 4.39 Å². The predicted octanol–water partition coefficient (Wildman–Crippen LogP) is 6.66. The van der Waals surface area contributed by atoms with Gasteiger partial charge >= 0.3 is 0 Å². The maximum atomic E-state index is 15.5. The quantitative estimate of drug-likeness (QED) is 0.336. The number of alkyl halides is 1. The normalized spacial score (nSPS) is 17.8. The van der Waals surface area contributed by atoms with Crippen molar-refractivity contribution in [3.8, 4) is 11.5 Å². The lowest BCUT2D eigenvalue weighted by molar-refractivity contribution is 0.198. The van der Waals surface area contributed by atoms with Crippen molar-refractivity contribution in [2.24, 2.45) is 0 Å². The minimum Gasteiger partial charge on any atom is -0.491 e. The number of allylic oxidation sites excluding steroid dienone is 1. The monoisotopic (exact) mass is 522 g/mol. The van der Waals surface area contributed by atoms with Crippen molar-refractivity contribution in [1.29, 1.82) is 0 Å². The molecule has 1 fully saturated rings. The van der Waals surface area contributed by atoms with E-state index in [0.29, 0.717) is 24.1 Å². The van der Waals surface area contributed by atoms with Gasteiger partial charge in [-0.2, -0.15) is 0 Å². The van der Waals surface area contributed by atoms with Gasteiger partial charge in [0.2, 0.25) is 0 Å². The molecule has 3 aromatic rings. The Balaban J connectivity index is 1.52. The van der Waals surface area contributed by atoms with E-state index in [1.54, 1.807) is 0 Å². The second-order valence-electron chi connectivity index (χ2n) is 9.96. The highest BCUT2D eigenvalue weighted by molar-refractivity contribution is 6.00. The van der Waals surface area contributed by atoms with E-state index in [1.807, 2.05) is 42.5 Å². The topological polar surface area (TPSA) is 47.7 Å². The molecule has 0 bridgehead atoms. The maximum Gasteiger partial charge on any atom is 0.190 e. The fourth-order valence-electron chi connectivity index (χ4n) is 5.63. The Hall–Kier alpha value is -3.45. The molecular formula is C31H33F3N2O2. The minimum atomic E-state index is -0.727. The van der Waals surface area contributed by atoms with E-state index in [1.165, 1.54) is 19.2 Å². The van der Waals surface area contributed by atoms with Gasteiger partial charge in [-0.1, -0.05) is 18.2 Å². The number of nitrogens with zero attached hydrogens (tertiary/aromatic N) is 1. The highest BCUT2D eigenvalue weighted by Gasteiger charge is 2.26. The molecule has 1 atom stereocenters. The van der Waals surface area contributed by atoms with Gasteiger partial charge in [0.25, 0.3) is 0 Å². The van der Waals surface area contributed by atoms with Crippen molar-refractivity contribution in [2.75, 3.05) is 39.2 Å². The highest BCUT2D eigenvalue weighted by Crippen LogP contribution is 2.42. The summed E-state index contributed by atoms with van der Waals surface area (Å²) in [4.78, 5) is 2.23. The summed E-state index contributed by atoms with van der Waals surface area (Å²) in [5, 5.41) is 0. The van der Waals surface area contributed by atoms with Crippen molar-refractivity contribution in [2.45, 2.75) is 38.2 Å². The third kappa shape index (κ3) is 5.39. The van der Waals surface area contributed by atoms with Gasteiger partial charge in [-0.25, -0.2) is 8.78 Å². The van der Waals surface area contributed by atoms with Crippen LogP contribution in [0.1, 0.15) is 47.9 Å². The summed E-state index contributed by atoms with van der Waals surface area (Å²) in [6.07, 6.45) is 3.74. The van der Waals surface area contributed by atoms with Gasteiger partial charge < -0.3 is 15.2 Å². The average Bonchev–Trinajstić information content (AvgIpc) is 3.27. The summed E-state index contributed by atoms with van der Waals surface area (Å²) in [5.74, 6) is -1.04. The summed E-state index contributed by atoms with van der Waals surface area (Å²) in [5.41, 5.74) is 11.8. The van der Waals surface area contributed by atoms with Gasteiger partial charge in [0, 0.05) is 30.9 Å². The summed E-state index contributed by atoms with van der Waals surface area (Å²) < 4.78 is 53.6. The Labute approximate surface area is 221 Å². The van der Waals surface area contributed by atoms with Crippen LogP contribution in [0, 0.1) is 11.6 Å². The number of rotatable bonds is 8. The fraction of sp³-hybridized carbons (Fsp3) is 0.355. The SMILES string of the molecule is COc1c(F)ccc(C2=C(c3ccc(OC4CCN(CCCF)C4)cc3)c3ccc(N)cc3CCC2)c1F. The van der Waals surface area contributed by atoms with Crippen molar-refractivity contribution >= 4 is 16.8 Å². The van der Waals surface area contributed by atoms with Crippen LogP contribution in [-0.2, 0) is 6.42 Å². The molecule has 0 amide bonds. The molecule has 3 aromatic carbocycles. The van der Waals surface area contributed by atoms with Crippen LogP contribution in [-0.4, -0.2) is 44.4 Å². The van der Waals surface area contributed by atoms with Crippen molar-refractivity contribution < 1.29 is 22.6 Å². The van der Waals surface area contributed by atoms with Gasteiger partial charge in [-0.05, 0) is 96.3 Å². The summed E-state index contributed by atoms with van der Waals surface area (Å²) in [7, 11) is 1.27. The van der Waals surface area contributed by atoms with Crippen LogP contribution in [0.2, 0.25) is 0 Å². The van der Waals surface area contributed by atoms with Crippen LogP contribution in [0.5, 0.6) is 11.5 Å². The third-order valence-electron chi connectivity index (χ3n) is 7.43. The first-order chi connectivity index (χ1) is 18.5. The summed E-state index contributed by atoms with van der Waals surface area (Å²) >= 11 is 0. The van der Waals surface area contributed by atoms with Gasteiger partial charge in [-0.3, -0.25) is 9.29 Å². The minimum absolute atomic E-state index is 0.0672. The fourth-order valence-corrected chi connectivity index (χ4v) is 5.63. The Morgan fingerprint density at radius 1 is 1.00 bits per heavy atom. The molecule has 1 aliphatic carbocycles. The van der Waals surface area contributed by atoms with Crippen LogP contribution >= 0.6 is 0 Å². The molecule has 1 heterocycles. The number of methoxy groups -OCH3 is 1.